The maximum atomic E-state index is 12.9. The first-order valence-corrected chi connectivity index (χ1v) is 6.82. The van der Waals surface area contributed by atoms with Gasteiger partial charge in [-0.2, -0.15) is 13.2 Å². The van der Waals surface area contributed by atoms with Gasteiger partial charge in [-0.05, 0) is 25.3 Å². The van der Waals surface area contributed by atoms with Crippen molar-refractivity contribution in [3.05, 3.63) is 35.4 Å². The molecule has 1 aromatic rings. The summed E-state index contributed by atoms with van der Waals surface area (Å²) in [7, 11) is 0. The summed E-state index contributed by atoms with van der Waals surface area (Å²) in [6, 6.07) is 7.45. The molecule has 0 aliphatic heterocycles. The topological polar surface area (TPSA) is 12.0 Å². The van der Waals surface area contributed by atoms with E-state index in [1.165, 1.54) is 0 Å². The zero-order valence-electron chi connectivity index (χ0n) is 11.1. The van der Waals surface area contributed by atoms with Crippen molar-refractivity contribution in [3.8, 4) is 0 Å². The molecule has 1 fully saturated rings. The van der Waals surface area contributed by atoms with Gasteiger partial charge < -0.3 is 5.32 Å². The van der Waals surface area contributed by atoms with E-state index in [1.54, 1.807) is 0 Å². The van der Waals surface area contributed by atoms with Crippen LogP contribution in [0.25, 0.3) is 0 Å². The number of hydrogen-bond acceptors (Lipinski definition) is 1. The highest BCUT2D eigenvalue weighted by Crippen LogP contribution is 2.37. The van der Waals surface area contributed by atoms with E-state index in [0.717, 1.165) is 17.5 Å². The molecule has 0 saturated heterocycles. The van der Waals surface area contributed by atoms with Gasteiger partial charge >= 0.3 is 6.18 Å². The fourth-order valence-electron chi connectivity index (χ4n) is 2.84. The summed E-state index contributed by atoms with van der Waals surface area (Å²) < 4.78 is 38.8. The average molecular weight is 271 g/mol. The molecular weight excluding hydrogens is 251 g/mol. The van der Waals surface area contributed by atoms with Crippen LogP contribution in [0, 0.1) is 12.8 Å². The summed E-state index contributed by atoms with van der Waals surface area (Å²) in [5.41, 5.74) is 2.18. The van der Waals surface area contributed by atoms with E-state index < -0.39 is 18.1 Å². The summed E-state index contributed by atoms with van der Waals surface area (Å²) in [6.45, 7) is 2.50. The van der Waals surface area contributed by atoms with Crippen LogP contribution in [0.3, 0.4) is 0 Å². The Kier molecular flexibility index (Phi) is 4.50. The number of hydrogen-bond donors (Lipinski definition) is 1. The highest BCUT2D eigenvalue weighted by atomic mass is 19.4. The van der Waals surface area contributed by atoms with E-state index in [9.17, 15) is 13.2 Å². The molecule has 0 amide bonds. The van der Waals surface area contributed by atoms with Crippen LogP contribution in [0.5, 0.6) is 0 Å². The monoisotopic (exact) mass is 271 g/mol. The molecule has 2 atom stereocenters. The standard InChI is InChI=1S/C15H20F3N/c1-11-5-4-6-12(9-11)10-19-14-8-3-2-7-13(14)15(16,17)18/h4-6,9,13-14,19H,2-3,7-8,10H2,1H3. The Labute approximate surface area is 112 Å². The van der Waals surface area contributed by atoms with E-state index in [0.29, 0.717) is 19.4 Å². The molecule has 19 heavy (non-hydrogen) atoms. The van der Waals surface area contributed by atoms with Gasteiger partial charge in [0.05, 0.1) is 5.92 Å². The highest BCUT2D eigenvalue weighted by molar-refractivity contribution is 5.22. The van der Waals surface area contributed by atoms with E-state index >= 15 is 0 Å². The van der Waals surface area contributed by atoms with Crippen molar-refractivity contribution in [2.45, 2.75) is 51.4 Å². The molecule has 1 aliphatic rings. The maximum absolute atomic E-state index is 12.9. The molecule has 1 N–H and O–H groups in total. The molecule has 4 heteroatoms. The van der Waals surface area contributed by atoms with Gasteiger partial charge in [0.1, 0.15) is 0 Å². The molecule has 106 valence electrons. The van der Waals surface area contributed by atoms with Crippen LogP contribution in [-0.2, 0) is 6.54 Å². The maximum Gasteiger partial charge on any atom is 0.393 e. The molecule has 0 spiro atoms. The van der Waals surface area contributed by atoms with Crippen molar-refractivity contribution in [2.24, 2.45) is 5.92 Å². The van der Waals surface area contributed by atoms with Crippen molar-refractivity contribution >= 4 is 0 Å². The predicted molar refractivity (Wildman–Crippen MR) is 69.8 cm³/mol. The first-order valence-electron chi connectivity index (χ1n) is 6.82. The van der Waals surface area contributed by atoms with Gasteiger partial charge in [0.2, 0.25) is 0 Å². The summed E-state index contributed by atoms with van der Waals surface area (Å²) in [5.74, 6) is -1.19. The fraction of sp³-hybridized carbons (Fsp3) is 0.600. The van der Waals surface area contributed by atoms with E-state index in [4.69, 9.17) is 0 Å². The lowest BCUT2D eigenvalue weighted by molar-refractivity contribution is -0.189. The van der Waals surface area contributed by atoms with Crippen molar-refractivity contribution in [2.75, 3.05) is 0 Å². The van der Waals surface area contributed by atoms with E-state index in [1.807, 2.05) is 31.2 Å². The average Bonchev–Trinajstić information content (AvgIpc) is 2.36. The normalized spacial score (nSPS) is 24.4. The van der Waals surface area contributed by atoms with Gasteiger partial charge in [0.25, 0.3) is 0 Å². The third-order valence-electron chi connectivity index (χ3n) is 3.84. The minimum Gasteiger partial charge on any atom is -0.309 e. The zero-order chi connectivity index (χ0) is 13.9. The number of aryl methyl sites for hydroxylation is 1. The van der Waals surface area contributed by atoms with Gasteiger partial charge in [-0.15, -0.1) is 0 Å². The van der Waals surface area contributed by atoms with Crippen LogP contribution in [0.1, 0.15) is 36.8 Å². The first kappa shape index (κ1) is 14.4. The van der Waals surface area contributed by atoms with Crippen LogP contribution in [0.15, 0.2) is 24.3 Å². The molecule has 1 aromatic carbocycles. The smallest absolute Gasteiger partial charge is 0.309 e. The molecule has 0 aromatic heterocycles. The fourth-order valence-corrected chi connectivity index (χ4v) is 2.84. The lowest BCUT2D eigenvalue weighted by Crippen LogP contribution is -2.45. The summed E-state index contributed by atoms with van der Waals surface area (Å²) in [5, 5.41) is 3.10. The molecular formula is C15H20F3N. The second-order valence-electron chi connectivity index (χ2n) is 5.41. The quantitative estimate of drug-likeness (QED) is 0.868. The van der Waals surface area contributed by atoms with Gasteiger partial charge in [-0.1, -0.05) is 42.7 Å². The van der Waals surface area contributed by atoms with Crippen molar-refractivity contribution in [1.82, 2.24) is 5.32 Å². The largest absolute Gasteiger partial charge is 0.393 e. The van der Waals surface area contributed by atoms with Gasteiger partial charge in [-0.3, -0.25) is 0 Å². The zero-order valence-corrected chi connectivity index (χ0v) is 11.1. The Balaban J connectivity index is 1.97. The van der Waals surface area contributed by atoms with E-state index in [2.05, 4.69) is 5.32 Å². The van der Waals surface area contributed by atoms with Crippen LogP contribution in [0.2, 0.25) is 0 Å². The molecule has 2 rings (SSSR count). The Morgan fingerprint density at radius 3 is 2.63 bits per heavy atom. The van der Waals surface area contributed by atoms with Crippen molar-refractivity contribution in [3.63, 3.8) is 0 Å². The van der Waals surface area contributed by atoms with Crippen LogP contribution in [-0.4, -0.2) is 12.2 Å². The Morgan fingerprint density at radius 2 is 1.95 bits per heavy atom. The van der Waals surface area contributed by atoms with Gasteiger partial charge in [0, 0.05) is 12.6 Å². The Bertz CT molecular complexity index is 414. The third-order valence-corrected chi connectivity index (χ3v) is 3.84. The van der Waals surface area contributed by atoms with Crippen LogP contribution >= 0.6 is 0 Å². The van der Waals surface area contributed by atoms with Crippen molar-refractivity contribution < 1.29 is 13.2 Å². The summed E-state index contributed by atoms with van der Waals surface area (Å²) in [4.78, 5) is 0. The number of benzene rings is 1. The van der Waals surface area contributed by atoms with Gasteiger partial charge in [-0.25, -0.2) is 0 Å². The minimum atomic E-state index is -4.08. The third kappa shape index (κ3) is 3.96. The molecule has 0 heterocycles. The predicted octanol–water partition coefficient (Wildman–Crippen LogP) is 4.21. The molecule has 2 unspecified atom stereocenters. The molecule has 1 aliphatic carbocycles. The molecule has 0 radical (unpaired) electrons. The van der Waals surface area contributed by atoms with Gasteiger partial charge in [0.15, 0.2) is 0 Å². The lowest BCUT2D eigenvalue weighted by atomic mass is 9.84. The first-order chi connectivity index (χ1) is 8.97. The van der Waals surface area contributed by atoms with E-state index in [-0.39, 0.29) is 6.42 Å². The second-order valence-corrected chi connectivity index (χ2v) is 5.41. The summed E-state index contributed by atoms with van der Waals surface area (Å²) in [6.07, 6.45) is -1.62. The summed E-state index contributed by atoms with van der Waals surface area (Å²) >= 11 is 0. The number of rotatable bonds is 3. The lowest BCUT2D eigenvalue weighted by Gasteiger charge is -2.33. The van der Waals surface area contributed by atoms with Crippen LogP contribution in [0.4, 0.5) is 13.2 Å². The van der Waals surface area contributed by atoms with Crippen molar-refractivity contribution in [1.29, 1.82) is 0 Å². The molecule has 1 nitrogen and oxygen atoms in total. The Hall–Kier alpha value is -1.03. The number of nitrogens with one attached hydrogen (secondary N) is 1. The molecule has 1 saturated carbocycles. The van der Waals surface area contributed by atoms with Crippen LogP contribution < -0.4 is 5.32 Å². The Morgan fingerprint density at radius 1 is 1.21 bits per heavy atom. The number of alkyl halides is 3. The SMILES string of the molecule is Cc1cccc(CNC2CCCCC2C(F)(F)F)c1. The highest BCUT2D eigenvalue weighted by Gasteiger charge is 2.45. The second kappa shape index (κ2) is 5.95. The minimum absolute atomic E-state index is 0.259. The molecule has 0 bridgehead atoms. The number of halogens is 3.